The van der Waals surface area contributed by atoms with Crippen LogP contribution in [0.25, 0.3) is 0 Å². The minimum atomic E-state index is -0.196. The second kappa shape index (κ2) is 10.6. The summed E-state index contributed by atoms with van der Waals surface area (Å²) in [5.74, 6) is 0.794. The highest BCUT2D eigenvalue weighted by Crippen LogP contribution is 2.14. The molecular weight excluding hydrogens is 358 g/mol. The number of nitrogens with one attached hydrogen (secondary N) is 4. The van der Waals surface area contributed by atoms with Gasteiger partial charge >= 0.3 is 6.03 Å². The SMILES string of the molecule is CCNC(=NCc1ccc(NC(=O)NC(C)C)cc1)NCc1ccc(C)s1. The molecule has 0 spiro atoms. The van der Waals surface area contributed by atoms with Crippen molar-refractivity contribution in [3.8, 4) is 0 Å². The van der Waals surface area contributed by atoms with Gasteiger partial charge in [-0.25, -0.2) is 9.79 Å². The fraction of sp³-hybridized carbons (Fsp3) is 0.400. The lowest BCUT2D eigenvalue weighted by Crippen LogP contribution is -2.36. The molecule has 0 aliphatic carbocycles. The van der Waals surface area contributed by atoms with Crippen LogP contribution in [0.3, 0.4) is 0 Å². The van der Waals surface area contributed by atoms with Crippen molar-refractivity contribution in [1.29, 1.82) is 0 Å². The molecule has 2 rings (SSSR count). The molecular formula is C20H29N5OS. The maximum atomic E-state index is 11.7. The third-order valence-electron chi connectivity index (χ3n) is 3.62. The molecule has 0 aliphatic rings. The summed E-state index contributed by atoms with van der Waals surface area (Å²) in [5, 5.41) is 12.2. The van der Waals surface area contributed by atoms with Gasteiger partial charge in [0.1, 0.15) is 0 Å². The second-order valence-electron chi connectivity index (χ2n) is 6.51. The van der Waals surface area contributed by atoms with Gasteiger partial charge in [0.05, 0.1) is 13.1 Å². The second-order valence-corrected chi connectivity index (χ2v) is 7.88. The zero-order valence-electron chi connectivity index (χ0n) is 16.4. The molecule has 0 bridgehead atoms. The van der Waals surface area contributed by atoms with Crippen LogP contribution < -0.4 is 21.3 Å². The van der Waals surface area contributed by atoms with E-state index in [1.54, 1.807) is 11.3 Å². The van der Waals surface area contributed by atoms with Crippen LogP contribution in [-0.2, 0) is 13.1 Å². The highest BCUT2D eigenvalue weighted by molar-refractivity contribution is 7.11. The zero-order chi connectivity index (χ0) is 19.6. The number of aliphatic imine (C=N–C) groups is 1. The largest absolute Gasteiger partial charge is 0.357 e. The Morgan fingerprint density at radius 2 is 1.85 bits per heavy atom. The molecule has 0 saturated heterocycles. The molecule has 1 aromatic heterocycles. The third-order valence-corrected chi connectivity index (χ3v) is 4.62. The number of rotatable bonds is 7. The van der Waals surface area contributed by atoms with Gasteiger partial charge in [-0.15, -0.1) is 11.3 Å². The molecule has 0 saturated carbocycles. The van der Waals surface area contributed by atoms with E-state index >= 15 is 0 Å². The number of hydrogen-bond acceptors (Lipinski definition) is 3. The molecule has 4 N–H and O–H groups in total. The maximum Gasteiger partial charge on any atom is 0.319 e. The number of anilines is 1. The molecule has 0 aliphatic heterocycles. The lowest BCUT2D eigenvalue weighted by Gasteiger charge is -2.11. The van der Waals surface area contributed by atoms with Crippen LogP contribution in [-0.4, -0.2) is 24.6 Å². The first kappa shape index (κ1) is 20.8. The molecule has 0 unspecified atom stereocenters. The average Bonchev–Trinajstić information content (AvgIpc) is 3.03. The first-order valence-electron chi connectivity index (χ1n) is 9.20. The quantitative estimate of drug-likeness (QED) is 0.431. The van der Waals surface area contributed by atoms with Crippen LogP contribution in [0.4, 0.5) is 10.5 Å². The van der Waals surface area contributed by atoms with Crippen LogP contribution in [0.15, 0.2) is 41.4 Å². The van der Waals surface area contributed by atoms with Crippen molar-refractivity contribution in [2.24, 2.45) is 4.99 Å². The van der Waals surface area contributed by atoms with Gasteiger partial charge in [0.25, 0.3) is 0 Å². The molecule has 146 valence electrons. The summed E-state index contributed by atoms with van der Waals surface area (Å²) in [5.41, 5.74) is 1.84. The molecule has 1 aromatic carbocycles. The lowest BCUT2D eigenvalue weighted by molar-refractivity contribution is 0.250. The molecule has 0 fully saturated rings. The number of thiophene rings is 1. The van der Waals surface area contributed by atoms with Crippen LogP contribution in [0, 0.1) is 6.92 Å². The summed E-state index contributed by atoms with van der Waals surface area (Å²) in [7, 11) is 0. The van der Waals surface area contributed by atoms with Gasteiger partial charge in [0, 0.05) is 28.0 Å². The maximum absolute atomic E-state index is 11.7. The molecule has 1 heterocycles. The number of nitrogens with zero attached hydrogens (tertiary/aromatic N) is 1. The van der Waals surface area contributed by atoms with Crippen molar-refractivity contribution in [2.75, 3.05) is 11.9 Å². The smallest absolute Gasteiger partial charge is 0.319 e. The molecule has 7 heteroatoms. The molecule has 27 heavy (non-hydrogen) atoms. The zero-order valence-corrected chi connectivity index (χ0v) is 17.2. The number of urea groups is 1. The van der Waals surface area contributed by atoms with E-state index in [0.29, 0.717) is 6.54 Å². The Kier molecular flexibility index (Phi) is 8.13. The van der Waals surface area contributed by atoms with Crippen molar-refractivity contribution in [3.63, 3.8) is 0 Å². The summed E-state index contributed by atoms with van der Waals surface area (Å²) in [6, 6.07) is 11.9. The number of hydrogen-bond donors (Lipinski definition) is 4. The average molecular weight is 388 g/mol. The molecule has 6 nitrogen and oxygen atoms in total. The van der Waals surface area contributed by atoms with E-state index < -0.39 is 0 Å². The summed E-state index contributed by atoms with van der Waals surface area (Å²) in [4.78, 5) is 19.0. The molecule has 0 radical (unpaired) electrons. The van der Waals surface area contributed by atoms with Gasteiger partial charge < -0.3 is 21.3 Å². The molecule has 0 atom stereocenters. The Morgan fingerprint density at radius 1 is 1.11 bits per heavy atom. The van der Waals surface area contributed by atoms with Gasteiger partial charge in [-0.2, -0.15) is 0 Å². The number of carbonyl (C=O) groups is 1. The van der Waals surface area contributed by atoms with Gasteiger partial charge in [-0.3, -0.25) is 0 Å². The Morgan fingerprint density at radius 3 is 2.44 bits per heavy atom. The fourth-order valence-electron chi connectivity index (χ4n) is 2.39. The van der Waals surface area contributed by atoms with Crippen LogP contribution in [0.1, 0.15) is 36.1 Å². The van der Waals surface area contributed by atoms with Crippen molar-refractivity contribution in [1.82, 2.24) is 16.0 Å². The van der Waals surface area contributed by atoms with Gasteiger partial charge in [-0.1, -0.05) is 12.1 Å². The van der Waals surface area contributed by atoms with Crippen LogP contribution in [0.2, 0.25) is 0 Å². The highest BCUT2D eigenvalue weighted by Gasteiger charge is 2.04. The van der Waals surface area contributed by atoms with E-state index in [1.165, 1.54) is 9.75 Å². The third kappa shape index (κ3) is 7.70. The van der Waals surface area contributed by atoms with E-state index in [4.69, 9.17) is 0 Å². The summed E-state index contributed by atoms with van der Waals surface area (Å²) in [6.07, 6.45) is 0. The normalized spacial score (nSPS) is 11.4. The Balaban J connectivity index is 1.89. The van der Waals surface area contributed by atoms with Crippen LogP contribution >= 0.6 is 11.3 Å². The van der Waals surface area contributed by atoms with E-state index in [1.807, 2.05) is 38.1 Å². The van der Waals surface area contributed by atoms with E-state index in [2.05, 4.69) is 52.2 Å². The van der Waals surface area contributed by atoms with Gasteiger partial charge in [0.15, 0.2) is 5.96 Å². The minimum absolute atomic E-state index is 0.105. The Hall–Kier alpha value is -2.54. The number of carbonyl (C=O) groups excluding carboxylic acids is 1. The summed E-state index contributed by atoms with van der Waals surface area (Å²) < 4.78 is 0. The summed E-state index contributed by atoms with van der Waals surface area (Å²) >= 11 is 1.79. The highest BCUT2D eigenvalue weighted by atomic mass is 32.1. The number of aryl methyl sites for hydroxylation is 1. The van der Waals surface area contributed by atoms with E-state index in [0.717, 1.165) is 30.3 Å². The number of guanidine groups is 1. The van der Waals surface area contributed by atoms with Crippen molar-refractivity contribution in [3.05, 3.63) is 51.7 Å². The summed E-state index contributed by atoms with van der Waals surface area (Å²) in [6.45, 7) is 10.2. The monoisotopic (exact) mass is 387 g/mol. The predicted molar refractivity (Wildman–Crippen MR) is 114 cm³/mol. The van der Waals surface area contributed by atoms with E-state index in [-0.39, 0.29) is 12.1 Å². The number of amides is 2. The fourth-order valence-corrected chi connectivity index (χ4v) is 3.22. The van der Waals surface area contributed by atoms with Gasteiger partial charge in [-0.05, 0) is 57.5 Å². The first-order chi connectivity index (χ1) is 13.0. The molecule has 2 aromatic rings. The van der Waals surface area contributed by atoms with Crippen molar-refractivity contribution >= 4 is 29.0 Å². The van der Waals surface area contributed by atoms with Crippen LogP contribution in [0.5, 0.6) is 0 Å². The lowest BCUT2D eigenvalue weighted by atomic mass is 10.2. The van der Waals surface area contributed by atoms with E-state index in [9.17, 15) is 4.79 Å². The Bertz CT molecular complexity index is 752. The predicted octanol–water partition coefficient (Wildman–Crippen LogP) is 3.84. The number of benzene rings is 1. The standard InChI is InChI=1S/C20H29N5OS/c1-5-21-19(23-13-18-11-6-15(4)27-18)22-12-16-7-9-17(10-8-16)25-20(26)24-14(2)3/h6-11,14H,5,12-13H2,1-4H3,(H2,21,22,23)(H2,24,25,26). The van der Waals surface area contributed by atoms with Crippen molar-refractivity contribution in [2.45, 2.75) is 46.8 Å². The van der Waals surface area contributed by atoms with Crippen molar-refractivity contribution < 1.29 is 4.79 Å². The molecule has 2 amide bonds. The van der Waals surface area contributed by atoms with Gasteiger partial charge in [0.2, 0.25) is 0 Å². The topological polar surface area (TPSA) is 77.5 Å². The Labute approximate surface area is 165 Å². The minimum Gasteiger partial charge on any atom is -0.357 e. The first-order valence-corrected chi connectivity index (χ1v) is 10.0.